The molecule has 10 heteroatoms. The van der Waals surface area contributed by atoms with Crippen LogP contribution in [0, 0.1) is 17.8 Å². The van der Waals surface area contributed by atoms with Crippen molar-refractivity contribution in [2.45, 2.75) is 75.2 Å². The van der Waals surface area contributed by atoms with Gasteiger partial charge in [-0.2, -0.15) is 18.3 Å². The zero-order valence-corrected chi connectivity index (χ0v) is 18.2. The molecule has 0 aromatic carbocycles. The van der Waals surface area contributed by atoms with Crippen molar-refractivity contribution in [1.29, 1.82) is 0 Å². The van der Waals surface area contributed by atoms with Crippen LogP contribution < -0.4 is 10.2 Å². The molecule has 0 saturated heterocycles. The summed E-state index contributed by atoms with van der Waals surface area (Å²) >= 11 is 6.47. The summed E-state index contributed by atoms with van der Waals surface area (Å²) in [4.78, 5) is 14.3. The molecular weight excluding hydrogens is 433 g/mol. The average molecular weight is 461 g/mol. The van der Waals surface area contributed by atoms with Crippen LogP contribution in [0.3, 0.4) is 0 Å². The molecule has 6 rings (SSSR count). The lowest BCUT2D eigenvalue weighted by Crippen LogP contribution is -2.61. The maximum absolute atomic E-state index is 13.2. The summed E-state index contributed by atoms with van der Waals surface area (Å²) in [5, 5.41) is 18.0. The maximum Gasteiger partial charge on any atom is 0.405 e. The Morgan fingerprint density at radius 3 is 2.45 bits per heavy atom. The Hall–Kier alpha value is -1.48. The summed E-state index contributed by atoms with van der Waals surface area (Å²) in [6.07, 6.45) is 2.03. The zero-order valence-electron chi connectivity index (χ0n) is 17.5. The van der Waals surface area contributed by atoms with Crippen LogP contribution in [-0.2, 0) is 7.05 Å². The first kappa shape index (κ1) is 21.4. The van der Waals surface area contributed by atoms with Gasteiger partial charge in [0.25, 0.3) is 5.91 Å². The topological polar surface area (TPSA) is 70.4 Å². The highest BCUT2D eigenvalue weighted by Crippen LogP contribution is 2.55. The Kier molecular flexibility index (Phi) is 5.01. The summed E-state index contributed by atoms with van der Waals surface area (Å²) < 4.78 is 41.0. The van der Waals surface area contributed by atoms with Crippen LogP contribution in [0.5, 0.6) is 0 Å². The number of nitrogens with zero attached hydrogens (tertiary/aromatic N) is 3. The number of amides is 1. The first-order valence-electron chi connectivity index (χ1n) is 11.1. The number of carbonyl (C=O) groups is 1. The van der Waals surface area contributed by atoms with Crippen LogP contribution in [0.2, 0.25) is 5.02 Å². The van der Waals surface area contributed by atoms with Crippen molar-refractivity contribution in [3.63, 3.8) is 0 Å². The number of anilines is 1. The molecule has 2 N–H and O–H groups in total. The third-order valence-electron chi connectivity index (χ3n) is 7.85. The molecule has 0 radical (unpaired) electrons. The SMILES string of the molecule is Cn1nc(C(=O)N[C@H]2C3CC4CC2C[C@](O)(C4)C3)c(Cl)c1N(CC(F)(F)F)C1CCC1. The van der Waals surface area contributed by atoms with Crippen molar-refractivity contribution in [2.75, 3.05) is 11.4 Å². The fourth-order valence-electron chi connectivity index (χ4n) is 6.65. The highest BCUT2D eigenvalue weighted by atomic mass is 35.5. The number of halogens is 4. The van der Waals surface area contributed by atoms with Crippen molar-refractivity contribution < 1.29 is 23.1 Å². The van der Waals surface area contributed by atoms with E-state index in [4.69, 9.17) is 11.6 Å². The Bertz CT molecular complexity index is 869. The molecule has 5 aliphatic rings. The number of hydrogen-bond donors (Lipinski definition) is 2. The molecule has 6 nitrogen and oxygen atoms in total. The van der Waals surface area contributed by atoms with E-state index in [2.05, 4.69) is 10.4 Å². The minimum Gasteiger partial charge on any atom is -0.390 e. The van der Waals surface area contributed by atoms with Gasteiger partial charge in [0.1, 0.15) is 17.4 Å². The van der Waals surface area contributed by atoms with Gasteiger partial charge in [-0.3, -0.25) is 9.48 Å². The summed E-state index contributed by atoms with van der Waals surface area (Å²) in [5.74, 6) is 0.655. The number of carbonyl (C=O) groups excluding carboxylic acids is 1. The molecule has 2 atom stereocenters. The van der Waals surface area contributed by atoms with Crippen LogP contribution in [0.1, 0.15) is 61.9 Å². The van der Waals surface area contributed by atoms with Gasteiger partial charge in [0, 0.05) is 19.1 Å². The number of alkyl halides is 3. The van der Waals surface area contributed by atoms with E-state index in [1.165, 1.54) is 16.6 Å². The van der Waals surface area contributed by atoms with Gasteiger partial charge < -0.3 is 15.3 Å². The lowest BCUT2D eigenvalue weighted by molar-refractivity contribution is -0.137. The Balaban J connectivity index is 1.37. The molecule has 1 aromatic heterocycles. The van der Waals surface area contributed by atoms with E-state index in [0.717, 1.165) is 25.7 Å². The molecule has 5 aliphatic carbocycles. The van der Waals surface area contributed by atoms with Crippen molar-refractivity contribution in [3.05, 3.63) is 10.7 Å². The number of nitrogens with one attached hydrogen (secondary N) is 1. The highest BCUT2D eigenvalue weighted by molar-refractivity contribution is 6.36. The van der Waals surface area contributed by atoms with Crippen LogP contribution >= 0.6 is 11.6 Å². The zero-order chi connectivity index (χ0) is 22.1. The Morgan fingerprint density at radius 2 is 1.94 bits per heavy atom. The molecule has 0 aliphatic heterocycles. The fraction of sp³-hybridized carbons (Fsp3) is 0.810. The average Bonchev–Trinajstić information content (AvgIpc) is 2.87. The summed E-state index contributed by atoms with van der Waals surface area (Å²) in [7, 11) is 1.53. The molecule has 5 fully saturated rings. The minimum atomic E-state index is -4.38. The molecule has 4 bridgehead atoms. The van der Waals surface area contributed by atoms with Crippen molar-refractivity contribution in [3.8, 4) is 0 Å². The molecular formula is C21H28ClF3N4O2. The van der Waals surface area contributed by atoms with E-state index < -0.39 is 24.2 Å². The van der Waals surface area contributed by atoms with E-state index in [0.29, 0.717) is 31.6 Å². The normalized spacial score (nSPS) is 34.6. The molecule has 5 saturated carbocycles. The van der Waals surface area contributed by atoms with E-state index in [9.17, 15) is 23.1 Å². The van der Waals surface area contributed by atoms with E-state index in [1.807, 2.05) is 0 Å². The number of aromatic nitrogens is 2. The second-order valence-electron chi connectivity index (χ2n) is 10.1. The molecule has 2 unspecified atom stereocenters. The molecule has 1 amide bonds. The van der Waals surface area contributed by atoms with Gasteiger partial charge in [-0.05, 0) is 69.1 Å². The van der Waals surface area contributed by atoms with Gasteiger partial charge in [-0.15, -0.1) is 0 Å². The molecule has 1 heterocycles. The van der Waals surface area contributed by atoms with Crippen LogP contribution in [0.4, 0.5) is 19.0 Å². The van der Waals surface area contributed by atoms with Gasteiger partial charge in [0.15, 0.2) is 5.69 Å². The van der Waals surface area contributed by atoms with Crippen LogP contribution in [-0.4, -0.2) is 51.2 Å². The largest absolute Gasteiger partial charge is 0.405 e. The first-order valence-corrected chi connectivity index (χ1v) is 11.5. The summed E-state index contributed by atoms with van der Waals surface area (Å²) in [6, 6.07) is -0.306. The van der Waals surface area contributed by atoms with Gasteiger partial charge in [0.05, 0.1) is 5.60 Å². The van der Waals surface area contributed by atoms with E-state index >= 15 is 0 Å². The predicted molar refractivity (Wildman–Crippen MR) is 109 cm³/mol. The van der Waals surface area contributed by atoms with Gasteiger partial charge in [-0.1, -0.05) is 11.6 Å². The van der Waals surface area contributed by atoms with Crippen molar-refractivity contribution >= 4 is 23.3 Å². The lowest BCUT2D eigenvalue weighted by Gasteiger charge is -2.58. The monoisotopic (exact) mass is 460 g/mol. The first-order chi connectivity index (χ1) is 14.5. The number of rotatable bonds is 5. The van der Waals surface area contributed by atoms with Crippen LogP contribution in [0.15, 0.2) is 0 Å². The number of hydrogen-bond acceptors (Lipinski definition) is 4. The van der Waals surface area contributed by atoms with Gasteiger partial charge in [0.2, 0.25) is 0 Å². The molecule has 172 valence electrons. The van der Waals surface area contributed by atoms with Crippen molar-refractivity contribution in [2.24, 2.45) is 24.8 Å². The smallest absolute Gasteiger partial charge is 0.390 e. The van der Waals surface area contributed by atoms with E-state index in [1.54, 1.807) is 0 Å². The third-order valence-corrected chi connectivity index (χ3v) is 8.20. The molecule has 0 spiro atoms. The number of aryl methyl sites for hydroxylation is 1. The van der Waals surface area contributed by atoms with Crippen LogP contribution in [0.25, 0.3) is 0 Å². The van der Waals surface area contributed by atoms with Gasteiger partial charge in [-0.25, -0.2) is 0 Å². The third kappa shape index (κ3) is 3.81. The standard InChI is InChI=1S/C21H28ClF3N4O2/c1-28-19(29(10-21(23,24)25)14-3-2-4-14)15(22)17(27-28)18(30)26-16-12-5-11-6-13(16)9-20(31,7-11)8-12/h11-14,16,31H,2-10H2,1H3,(H,26,30)/t11?,12?,13?,16-,20-. The molecule has 1 aromatic rings. The quantitative estimate of drug-likeness (QED) is 0.703. The second-order valence-corrected chi connectivity index (χ2v) is 10.5. The van der Waals surface area contributed by atoms with E-state index in [-0.39, 0.29) is 40.5 Å². The fourth-order valence-corrected chi connectivity index (χ4v) is 7.01. The summed E-state index contributed by atoms with van der Waals surface area (Å²) in [5.41, 5.74) is -0.632. The highest BCUT2D eigenvalue weighted by Gasteiger charge is 2.55. The molecule has 31 heavy (non-hydrogen) atoms. The lowest BCUT2D eigenvalue weighted by atomic mass is 9.52. The predicted octanol–water partition coefficient (Wildman–Crippen LogP) is 3.66. The number of aliphatic hydroxyl groups is 1. The van der Waals surface area contributed by atoms with Gasteiger partial charge >= 0.3 is 6.18 Å². The Labute approximate surface area is 184 Å². The minimum absolute atomic E-state index is 0.0291. The van der Waals surface area contributed by atoms with Crippen molar-refractivity contribution in [1.82, 2.24) is 15.1 Å². The maximum atomic E-state index is 13.2. The summed E-state index contributed by atoms with van der Waals surface area (Å²) in [6.45, 7) is -1.12. The Morgan fingerprint density at radius 1 is 1.29 bits per heavy atom. The second kappa shape index (κ2) is 7.27.